The lowest BCUT2D eigenvalue weighted by Crippen LogP contribution is -2.47. The maximum atomic E-state index is 10.5. The topological polar surface area (TPSA) is 43.8 Å². The van der Waals surface area contributed by atoms with Crippen molar-refractivity contribution in [1.82, 2.24) is 9.80 Å². The molecular formula is C13H26N2O2. The number of likely N-dealkylation sites (tertiary alicyclic amines) is 1. The van der Waals surface area contributed by atoms with Crippen LogP contribution in [-0.4, -0.2) is 59.6 Å². The van der Waals surface area contributed by atoms with E-state index in [0.717, 1.165) is 26.1 Å². The van der Waals surface area contributed by atoms with Gasteiger partial charge in [0.1, 0.15) is 0 Å². The van der Waals surface area contributed by atoms with Crippen molar-refractivity contribution in [2.45, 2.75) is 51.6 Å². The fourth-order valence-corrected chi connectivity index (χ4v) is 2.60. The molecule has 100 valence electrons. The highest BCUT2D eigenvalue weighted by molar-refractivity contribution is 5.66. The fourth-order valence-electron chi connectivity index (χ4n) is 2.60. The molecule has 0 bridgehead atoms. The summed E-state index contributed by atoms with van der Waals surface area (Å²) < 4.78 is 0. The first-order valence-corrected chi connectivity index (χ1v) is 6.66. The monoisotopic (exact) mass is 242 g/mol. The molecule has 0 unspecified atom stereocenters. The van der Waals surface area contributed by atoms with Crippen molar-refractivity contribution in [2.75, 3.05) is 26.7 Å². The number of carbonyl (C=O) groups is 1. The minimum Gasteiger partial charge on any atom is -0.481 e. The van der Waals surface area contributed by atoms with Gasteiger partial charge in [-0.2, -0.15) is 0 Å². The molecule has 1 heterocycles. The van der Waals surface area contributed by atoms with Crippen LogP contribution in [0.25, 0.3) is 0 Å². The lowest BCUT2D eigenvalue weighted by atomic mass is 10.0. The molecule has 1 fully saturated rings. The highest BCUT2D eigenvalue weighted by Crippen LogP contribution is 2.18. The van der Waals surface area contributed by atoms with Gasteiger partial charge in [0.25, 0.3) is 0 Å². The number of rotatable bonds is 6. The van der Waals surface area contributed by atoms with Gasteiger partial charge in [-0.1, -0.05) is 0 Å². The molecular weight excluding hydrogens is 216 g/mol. The van der Waals surface area contributed by atoms with E-state index in [1.165, 1.54) is 12.8 Å². The molecule has 0 spiro atoms. The standard InChI is InChI=1S/C13H26N2O2/c1-11(2)15(8-4-5-13(16)17)12-6-9-14(3)10-7-12/h11-12H,4-10H2,1-3H3,(H,16,17). The van der Waals surface area contributed by atoms with Crippen molar-refractivity contribution in [3.8, 4) is 0 Å². The maximum Gasteiger partial charge on any atom is 0.303 e. The molecule has 1 aliphatic heterocycles. The van der Waals surface area contributed by atoms with Crippen LogP contribution in [0, 0.1) is 0 Å². The molecule has 0 radical (unpaired) electrons. The van der Waals surface area contributed by atoms with E-state index in [9.17, 15) is 4.79 Å². The SMILES string of the molecule is CC(C)N(CCCC(=O)O)C1CCN(C)CC1. The van der Waals surface area contributed by atoms with E-state index in [1.54, 1.807) is 0 Å². The minimum atomic E-state index is -0.683. The molecule has 0 aromatic heterocycles. The van der Waals surface area contributed by atoms with Gasteiger partial charge in [-0.25, -0.2) is 0 Å². The Morgan fingerprint density at radius 2 is 2.00 bits per heavy atom. The van der Waals surface area contributed by atoms with E-state index >= 15 is 0 Å². The molecule has 1 saturated heterocycles. The van der Waals surface area contributed by atoms with Crippen molar-refractivity contribution in [2.24, 2.45) is 0 Å². The first-order chi connectivity index (χ1) is 8.00. The quantitative estimate of drug-likeness (QED) is 0.769. The number of carboxylic acids is 1. The molecule has 0 aliphatic carbocycles. The number of aliphatic carboxylic acids is 1. The summed E-state index contributed by atoms with van der Waals surface area (Å²) >= 11 is 0. The predicted molar refractivity (Wildman–Crippen MR) is 69.2 cm³/mol. The van der Waals surface area contributed by atoms with Crippen molar-refractivity contribution in [3.63, 3.8) is 0 Å². The van der Waals surface area contributed by atoms with Crippen LogP contribution in [0.15, 0.2) is 0 Å². The third-order valence-electron chi connectivity index (χ3n) is 3.63. The summed E-state index contributed by atoms with van der Waals surface area (Å²) in [6, 6.07) is 1.15. The molecule has 4 nitrogen and oxygen atoms in total. The summed E-state index contributed by atoms with van der Waals surface area (Å²) in [4.78, 5) is 15.4. The van der Waals surface area contributed by atoms with Gasteiger partial charge >= 0.3 is 5.97 Å². The van der Waals surface area contributed by atoms with E-state index in [-0.39, 0.29) is 6.42 Å². The molecule has 1 rings (SSSR count). The van der Waals surface area contributed by atoms with E-state index < -0.39 is 5.97 Å². The molecule has 17 heavy (non-hydrogen) atoms. The third kappa shape index (κ3) is 5.04. The van der Waals surface area contributed by atoms with Crippen LogP contribution >= 0.6 is 0 Å². The first-order valence-electron chi connectivity index (χ1n) is 6.66. The van der Waals surface area contributed by atoms with Gasteiger partial charge in [0.05, 0.1) is 0 Å². The van der Waals surface area contributed by atoms with Gasteiger partial charge in [0.2, 0.25) is 0 Å². The number of piperidine rings is 1. The number of carboxylic acid groups (broad SMARTS) is 1. The minimum absolute atomic E-state index is 0.288. The van der Waals surface area contributed by atoms with Crippen LogP contribution in [0.2, 0.25) is 0 Å². The summed E-state index contributed by atoms with van der Waals surface area (Å²) in [6.45, 7) is 7.65. The highest BCUT2D eigenvalue weighted by atomic mass is 16.4. The molecule has 4 heteroatoms. The van der Waals surface area contributed by atoms with Crippen molar-refractivity contribution < 1.29 is 9.90 Å². The van der Waals surface area contributed by atoms with Crippen LogP contribution < -0.4 is 0 Å². The van der Waals surface area contributed by atoms with E-state index in [2.05, 4.69) is 30.7 Å². The van der Waals surface area contributed by atoms with Crippen molar-refractivity contribution >= 4 is 5.97 Å². The summed E-state index contributed by atoms with van der Waals surface area (Å²) in [5, 5.41) is 8.68. The van der Waals surface area contributed by atoms with E-state index in [0.29, 0.717) is 12.1 Å². The Morgan fingerprint density at radius 3 is 2.47 bits per heavy atom. The van der Waals surface area contributed by atoms with Gasteiger partial charge in [-0.15, -0.1) is 0 Å². The molecule has 0 amide bonds. The lowest BCUT2D eigenvalue weighted by Gasteiger charge is -2.39. The Hall–Kier alpha value is -0.610. The second-order valence-electron chi connectivity index (χ2n) is 5.36. The molecule has 0 aromatic carbocycles. The number of hydrogen-bond acceptors (Lipinski definition) is 3. The Bertz CT molecular complexity index is 236. The van der Waals surface area contributed by atoms with Gasteiger partial charge in [-0.05, 0) is 59.8 Å². The maximum absolute atomic E-state index is 10.5. The zero-order chi connectivity index (χ0) is 12.8. The fraction of sp³-hybridized carbons (Fsp3) is 0.923. The molecule has 0 saturated carbocycles. The second-order valence-corrected chi connectivity index (χ2v) is 5.36. The van der Waals surface area contributed by atoms with Crippen LogP contribution in [0.4, 0.5) is 0 Å². The van der Waals surface area contributed by atoms with Crippen LogP contribution in [0.3, 0.4) is 0 Å². The van der Waals surface area contributed by atoms with Gasteiger partial charge in [0.15, 0.2) is 0 Å². The Labute approximate surface area is 105 Å². The van der Waals surface area contributed by atoms with E-state index in [4.69, 9.17) is 5.11 Å². The lowest BCUT2D eigenvalue weighted by molar-refractivity contribution is -0.137. The largest absolute Gasteiger partial charge is 0.481 e. The summed E-state index contributed by atoms with van der Waals surface area (Å²) in [5.41, 5.74) is 0. The van der Waals surface area contributed by atoms with E-state index in [1.807, 2.05) is 0 Å². The molecule has 0 aromatic rings. The number of nitrogens with zero attached hydrogens (tertiary/aromatic N) is 2. The highest BCUT2D eigenvalue weighted by Gasteiger charge is 2.24. The predicted octanol–water partition coefficient (Wildman–Crippen LogP) is 1.66. The average molecular weight is 242 g/mol. The van der Waals surface area contributed by atoms with Gasteiger partial charge < -0.3 is 10.0 Å². The third-order valence-corrected chi connectivity index (χ3v) is 3.63. The average Bonchev–Trinajstić information content (AvgIpc) is 2.25. The van der Waals surface area contributed by atoms with Crippen LogP contribution in [-0.2, 0) is 4.79 Å². The Morgan fingerprint density at radius 1 is 1.41 bits per heavy atom. The first kappa shape index (κ1) is 14.5. The Kier molecular flexibility index (Phi) is 5.92. The second kappa shape index (κ2) is 6.97. The van der Waals surface area contributed by atoms with Gasteiger partial charge in [-0.3, -0.25) is 9.69 Å². The van der Waals surface area contributed by atoms with Crippen LogP contribution in [0.5, 0.6) is 0 Å². The zero-order valence-electron chi connectivity index (χ0n) is 11.4. The summed E-state index contributed by atoms with van der Waals surface area (Å²) in [6.07, 6.45) is 3.47. The van der Waals surface area contributed by atoms with Crippen LogP contribution in [0.1, 0.15) is 39.5 Å². The zero-order valence-corrected chi connectivity index (χ0v) is 11.4. The number of hydrogen-bond donors (Lipinski definition) is 1. The smallest absolute Gasteiger partial charge is 0.303 e. The molecule has 1 N–H and O–H groups in total. The van der Waals surface area contributed by atoms with Crippen molar-refractivity contribution in [1.29, 1.82) is 0 Å². The molecule has 1 aliphatic rings. The summed E-state index contributed by atoms with van der Waals surface area (Å²) in [7, 11) is 2.17. The van der Waals surface area contributed by atoms with Crippen molar-refractivity contribution in [3.05, 3.63) is 0 Å². The molecule has 0 atom stereocenters. The Balaban J connectivity index is 2.39. The van der Waals surface area contributed by atoms with Gasteiger partial charge in [0, 0.05) is 18.5 Å². The summed E-state index contributed by atoms with van der Waals surface area (Å²) in [5.74, 6) is -0.683. The normalized spacial score (nSPS) is 19.1.